The molecule has 0 amide bonds. The Balaban J connectivity index is 1.09. The molecule has 0 atom stereocenters. The summed E-state index contributed by atoms with van der Waals surface area (Å²) < 4.78 is 7.57. The molecular weight excluding hydrogens is 709 g/mol. The zero-order chi connectivity index (χ0) is 37.5. The molecule has 12 aromatic rings. The third-order valence-corrected chi connectivity index (χ3v) is 12.9. The van der Waals surface area contributed by atoms with Crippen molar-refractivity contribution in [1.82, 2.24) is 9.13 Å². The zero-order valence-corrected chi connectivity index (χ0v) is 31.7. The Morgan fingerprint density at radius 1 is 0.316 bits per heavy atom. The highest BCUT2D eigenvalue weighted by molar-refractivity contribution is 7.26. The molecule has 0 fully saturated rings. The second-order valence-electron chi connectivity index (χ2n) is 14.9. The SMILES string of the molecule is c1ccc(-c2cccc(-c3cccc4c3c3ccccc3n4-c3ccc4c(c3)c3ccccc3n4-c3ccc(-c4ccccc4)c4sc5ccccc5c34)c2)cc1. The van der Waals surface area contributed by atoms with E-state index in [2.05, 4.69) is 215 Å². The van der Waals surface area contributed by atoms with Gasteiger partial charge >= 0.3 is 0 Å². The van der Waals surface area contributed by atoms with Crippen LogP contribution >= 0.6 is 11.3 Å². The van der Waals surface area contributed by atoms with Crippen LogP contribution in [-0.2, 0) is 0 Å². The lowest BCUT2D eigenvalue weighted by Crippen LogP contribution is -1.97. The average Bonchev–Trinajstić information content (AvgIpc) is 3.95. The number of rotatable bonds is 5. The van der Waals surface area contributed by atoms with Crippen molar-refractivity contribution in [2.75, 3.05) is 0 Å². The molecule has 0 spiro atoms. The van der Waals surface area contributed by atoms with Crippen molar-refractivity contribution in [3.05, 3.63) is 206 Å². The van der Waals surface area contributed by atoms with Crippen molar-refractivity contribution in [2.24, 2.45) is 0 Å². The molecule has 0 aliphatic carbocycles. The molecular formula is C54H34N2S. The maximum Gasteiger partial charge on any atom is 0.0555 e. The Kier molecular flexibility index (Phi) is 7.13. The van der Waals surface area contributed by atoms with Crippen molar-refractivity contribution in [2.45, 2.75) is 0 Å². The summed E-state index contributed by atoms with van der Waals surface area (Å²) in [6, 6.07) is 75.5. The first kappa shape index (κ1) is 32.1. The Hall–Kier alpha value is -7.20. The molecule has 2 nitrogen and oxygen atoms in total. The third kappa shape index (κ3) is 4.89. The van der Waals surface area contributed by atoms with Gasteiger partial charge in [0.15, 0.2) is 0 Å². The Morgan fingerprint density at radius 2 is 0.930 bits per heavy atom. The van der Waals surface area contributed by atoms with Crippen LogP contribution in [0.1, 0.15) is 0 Å². The predicted octanol–water partition coefficient (Wildman–Crippen LogP) is 15.2. The summed E-state index contributed by atoms with van der Waals surface area (Å²) >= 11 is 1.89. The highest BCUT2D eigenvalue weighted by Gasteiger charge is 2.21. The van der Waals surface area contributed by atoms with E-state index in [0.717, 1.165) is 5.69 Å². The Labute approximate surface area is 333 Å². The minimum Gasteiger partial charge on any atom is -0.309 e. The van der Waals surface area contributed by atoms with Crippen molar-refractivity contribution < 1.29 is 0 Å². The fourth-order valence-electron chi connectivity index (χ4n) is 9.24. The van der Waals surface area contributed by atoms with Gasteiger partial charge in [-0.1, -0.05) is 152 Å². The fraction of sp³-hybridized carbons (Fsp3) is 0. The summed E-state index contributed by atoms with van der Waals surface area (Å²) in [7, 11) is 0. The molecule has 57 heavy (non-hydrogen) atoms. The molecule has 0 aliphatic heterocycles. The molecule has 0 bridgehead atoms. The van der Waals surface area contributed by atoms with Crippen molar-refractivity contribution in [3.8, 4) is 44.8 Å². The van der Waals surface area contributed by atoms with Crippen LogP contribution in [0.15, 0.2) is 206 Å². The van der Waals surface area contributed by atoms with E-state index in [4.69, 9.17) is 0 Å². The minimum absolute atomic E-state index is 1.15. The molecule has 0 radical (unpaired) electrons. The standard InChI is InChI=1S/C54H34N2S/c1-3-15-35(16-4-1)37-19-13-20-38(33-37)40-24-14-27-49-52(40)43-22-8-11-26-47(43)55(49)39-29-31-48-45(34-39)42-21-7-10-25-46(42)56(48)50-32-30-41(36-17-5-2-6-18-36)54-53(50)44-23-9-12-28-51(44)57-54/h1-34H. The zero-order valence-electron chi connectivity index (χ0n) is 30.9. The lowest BCUT2D eigenvalue weighted by atomic mass is 9.96. The molecule has 3 heteroatoms. The number of benzene rings is 9. The van der Waals surface area contributed by atoms with Gasteiger partial charge in [-0.2, -0.15) is 0 Å². The normalized spacial score (nSPS) is 11.9. The molecule has 9 aromatic carbocycles. The van der Waals surface area contributed by atoms with Crippen LogP contribution in [0.5, 0.6) is 0 Å². The molecule has 0 unspecified atom stereocenters. The number of para-hydroxylation sites is 2. The van der Waals surface area contributed by atoms with E-state index < -0.39 is 0 Å². The highest BCUT2D eigenvalue weighted by Crippen LogP contribution is 2.46. The second kappa shape index (κ2) is 12.7. The maximum absolute atomic E-state index is 2.49. The molecule has 0 aliphatic rings. The van der Waals surface area contributed by atoms with Gasteiger partial charge in [-0.05, 0) is 88.0 Å². The fourth-order valence-corrected chi connectivity index (χ4v) is 10.5. The van der Waals surface area contributed by atoms with Crippen LogP contribution in [0.4, 0.5) is 0 Å². The van der Waals surface area contributed by atoms with Gasteiger partial charge in [-0.25, -0.2) is 0 Å². The number of fused-ring (bicyclic) bond motifs is 9. The van der Waals surface area contributed by atoms with Gasteiger partial charge in [-0.15, -0.1) is 11.3 Å². The van der Waals surface area contributed by atoms with Crippen molar-refractivity contribution >= 4 is 75.1 Å². The first-order valence-corrected chi connectivity index (χ1v) is 20.3. The summed E-state index contributed by atoms with van der Waals surface area (Å²) in [5, 5.41) is 7.60. The first-order valence-electron chi connectivity index (χ1n) is 19.5. The van der Waals surface area contributed by atoms with Crippen molar-refractivity contribution in [1.29, 1.82) is 0 Å². The monoisotopic (exact) mass is 742 g/mol. The number of thiophene rings is 1. The van der Waals surface area contributed by atoms with Crippen LogP contribution in [-0.4, -0.2) is 9.13 Å². The number of hydrogen-bond donors (Lipinski definition) is 0. The largest absolute Gasteiger partial charge is 0.309 e. The van der Waals surface area contributed by atoms with Crippen LogP contribution in [0.25, 0.3) is 109 Å². The smallest absolute Gasteiger partial charge is 0.0555 e. The van der Waals surface area contributed by atoms with Crippen LogP contribution in [0.2, 0.25) is 0 Å². The van der Waals surface area contributed by atoms with Crippen LogP contribution in [0, 0.1) is 0 Å². The Morgan fingerprint density at radius 3 is 1.75 bits per heavy atom. The van der Waals surface area contributed by atoms with E-state index in [1.165, 1.54) is 103 Å². The molecule has 3 aromatic heterocycles. The number of aromatic nitrogens is 2. The number of hydrogen-bond acceptors (Lipinski definition) is 1. The third-order valence-electron chi connectivity index (χ3n) is 11.7. The van der Waals surface area contributed by atoms with Gasteiger partial charge in [0.2, 0.25) is 0 Å². The molecule has 3 heterocycles. The van der Waals surface area contributed by atoms with Gasteiger partial charge in [0.1, 0.15) is 0 Å². The maximum atomic E-state index is 2.49. The minimum atomic E-state index is 1.15. The van der Waals surface area contributed by atoms with Crippen molar-refractivity contribution in [3.63, 3.8) is 0 Å². The van der Waals surface area contributed by atoms with Crippen LogP contribution < -0.4 is 0 Å². The molecule has 0 saturated carbocycles. The van der Waals surface area contributed by atoms with E-state index in [1.54, 1.807) is 0 Å². The lowest BCUT2D eigenvalue weighted by molar-refractivity contribution is 1.17. The van der Waals surface area contributed by atoms with Gasteiger partial charge in [-0.3, -0.25) is 0 Å². The second-order valence-corrected chi connectivity index (χ2v) is 15.9. The van der Waals surface area contributed by atoms with Gasteiger partial charge in [0.25, 0.3) is 0 Å². The summed E-state index contributed by atoms with van der Waals surface area (Å²) in [6.07, 6.45) is 0. The van der Waals surface area contributed by atoms with E-state index >= 15 is 0 Å². The Bertz CT molecular complexity index is 3510. The molecule has 0 saturated heterocycles. The van der Waals surface area contributed by atoms with Gasteiger partial charge in [0.05, 0.1) is 27.8 Å². The highest BCUT2D eigenvalue weighted by atomic mass is 32.1. The first-order chi connectivity index (χ1) is 28.3. The number of nitrogens with zero attached hydrogens (tertiary/aromatic N) is 2. The predicted molar refractivity (Wildman–Crippen MR) is 244 cm³/mol. The lowest BCUT2D eigenvalue weighted by Gasteiger charge is -2.14. The van der Waals surface area contributed by atoms with E-state index in [-0.39, 0.29) is 0 Å². The summed E-state index contributed by atoms with van der Waals surface area (Å²) in [4.78, 5) is 0. The average molecular weight is 743 g/mol. The quantitative estimate of drug-likeness (QED) is 0.166. The van der Waals surface area contributed by atoms with Gasteiger partial charge < -0.3 is 9.13 Å². The van der Waals surface area contributed by atoms with Gasteiger partial charge in [0, 0.05) is 47.4 Å². The molecule has 12 rings (SSSR count). The van der Waals surface area contributed by atoms with E-state index in [1.807, 2.05) is 11.3 Å². The molecule has 0 N–H and O–H groups in total. The van der Waals surface area contributed by atoms with E-state index in [9.17, 15) is 0 Å². The summed E-state index contributed by atoms with van der Waals surface area (Å²) in [6.45, 7) is 0. The topological polar surface area (TPSA) is 9.86 Å². The molecule has 266 valence electrons. The van der Waals surface area contributed by atoms with E-state index in [0.29, 0.717) is 0 Å². The summed E-state index contributed by atoms with van der Waals surface area (Å²) in [5.74, 6) is 0. The summed E-state index contributed by atoms with van der Waals surface area (Å²) in [5.41, 5.74) is 14.6. The van der Waals surface area contributed by atoms with Crippen LogP contribution in [0.3, 0.4) is 0 Å².